The number of amides is 2. The number of piperazine rings is 1. The van der Waals surface area contributed by atoms with Crippen molar-refractivity contribution in [3.63, 3.8) is 0 Å². The Kier molecular flexibility index (Phi) is 4.65. The summed E-state index contributed by atoms with van der Waals surface area (Å²) in [6.07, 6.45) is 1.40. The van der Waals surface area contributed by atoms with E-state index >= 15 is 0 Å². The molecule has 20 heavy (non-hydrogen) atoms. The standard InChI is InChI=1S/C14H26N4O2/c1-16(2)7-6-15-12(19)14(4-5-14)13(20)18-10-8-17(3)9-11-18/h4-11H2,1-3H3,(H,15,19). The Bertz CT molecular complexity index is 371. The molecule has 1 heterocycles. The maximum atomic E-state index is 12.6. The first-order valence-corrected chi connectivity index (χ1v) is 7.37. The lowest BCUT2D eigenvalue weighted by molar-refractivity contribution is -0.145. The highest BCUT2D eigenvalue weighted by molar-refractivity contribution is 6.07. The van der Waals surface area contributed by atoms with Crippen LogP contribution < -0.4 is 5.32 Å². The van der Waals surface area contributed by atoms with E-state index in [-0.39, 0.29) is 11.8 Å². The fraction of sp³-hybridized carbons (Fsp3) is 0.857. The van der Waals surface area contributed by atoms with E-state index in [1.165, 1.54) is 0 Å². The van der Waals surface area contributed by atoms with Gasteiger partial charge in [0.1, 0.15) is 5.41 Å². The first-order chi connectivity index (χ1) is 9.45. The van der Waals surface area contributed by atoms with Crippen LogP contribution in [0.3, 0.4) is 0 Å². The molecule has 1 aliphatic heterocycles. The van der Waals surface area contributed by atoms with E-state index in [0.29, 0.717) is 19.4 Å². The highest BCUT2D eigenvalue weighted by atomic mass is 16.2. The molecular weight excluding hydrogens is 256 g/mol. The zero-order valence-electron chi connectivity index (χ0n) is 12.8. The van der Waals surface area contributed by atoms with Crippen LogP contribution in [-0.4, -0.2) is 86.9 Å². The molecule has 0 aromatic rings. The molecule has 1 aliphatic carbocycles. The minimum absolute atomic E-state index is 0.0351. The second kappa shape index (κ2) is 6.10. The molecule has 0 bridgehead atoms. The molecule has 2 fully saturated rings. The fourth-order valence-electron chi connectivity index (χ4n) is 2.54. The van der Waals surface area contributed by atoms with Gasteiger partial charge < -0.3 is 20.0 Å². The predicted molar refractivity (Wildman–Crippen MR) is 77.3 cm³/mol. The summed E-state index contributed by atoms with van der Waals surface area (Å²) in [6.45, 7) is 4.66. The molecule has 2 rings (SSSR count). The van der Waals surface area contributed by atoms with Gasteiger partial charge in [-0.1, -0.05) is 0 Å². The van der Waals surface area contributed by atoms with Gasteiger partial charge in [-0.2, -0.15) is 0 Å². The normalized spacial score (nSPS) is 21.9. The van der Waals surface area contributed by atoms with Gasteiger partial charge in [0, 0.05) is 39.3 Å². The van der Waals surface area contributed by atoms with Crippen LogP contribution in [0, 0.1) is 5.41 Å². The Morgan fingerprint density at radius 2 is 1.75 bits per heavy atom. The third-order valence-electron chi connectivity index (χ3n) is 4.23. The molecule has 2 amide bonds. The number of nitrogens with one attached hydrogen (secondary N) is 1. The number of hydrogen-bond acceptors (Lipinski definition) is 4. The van der Waals surface area contributed by atoms with E-state index in [9.17, 15) is 9.59 Å². The number of rotatable bonds is 5. The zero-order valence-corrected chi connectivity index (χ0v) is 12.8. The van der Waals surface area contributed by atoms with Crippen LogP contribution in [0.5, 0.6) is 0 Å². The summed E-state index contributed by atoms with van der Waals surface area (Å²) < 4.78 is 0. The van der Waals surface area contributed by atoms with Crippen LogP contribution in [0.1, 0.15) is 12.8 Å². The highest BCUT2D eigenvalue weighted by Gasteiger charge is 2.57. The zero-order chi connectivity index (χ0) is 14.8. The Balaban J connectivity index is 1.86. The summed E-state index contributed by atoms with van der Waals surface area (Å²) >= 11 is 0. The van der Waals surface area contributed by atoms with Crippen molar-refractivity contribution in [2.75, 3.05) is 60.4 Å². The van der Waals surface area contributed by atoms with Crippen molar-refractivity contribution in [1.29, 1.82) is 0 Å². The molecule has 0 spiro atoms. The van der Waals surface area contributed by atoms with Gasteiger partial charge in [-0.25, -0.2) is 0 Å². The lowest BCUT2D eigenvalue weighted by Gasteiger charge is -2.34. The van der Waals surface area contributed by atoms with Crippen molar-refractivity contribution < 1.29 is 9.59 Å². The summed E-state index contributed by atoms with van der Waals surface area (Å²) in [5.74, 6) is -0.0452. The second-order valence-corrected chi connectivity index (χ2v) is 6.24. The Labute approximate surface area is 121 Å². The molecule has 6 nitrogen and oxygen atoms in total. The van der Waals surface area contributed by atoms with Crippen LogP contribution >= 0.6 is 0 Å². The monoisotopic (exact) mass is 282 g/mol. The number of carbonyl (C=O) groups excluding carboxylic acids is 2. The maximum absolute atomic E-state index is 12.6. The summed E-state index contributed by atoms with van der Waals surface area (Å²) in [5, 5.41) is 2.91. The van der Waals surface area contributed by atoms with E-state index in [0.717, 1.165) is 32.7 Å². The topological polar surface area (TPSA) is 55.9 Å². The van der Waals surface area contributed by atoms with E-state index in [1.807, 2.05) is 23.9 Å². The first kappa shape index (κ1) is 15.3. The third kappa shape index (κ3) is 3.30. The smallest absolute Gasteiger partial charge is 0.238 e. The van der Waals surface area contributed by atoms with Gasteiger partial charge in [0.25, 0.3) is 0 Å². The van der Waals surface area contributed by atoms with Gasteiger partial charge in [-0.15, -0.1) is 0 Å². The summed E-state index contributed by atoms with van der Waals surface area (Å²) in [7, 11) is 5.99. The number of carbonyl (C=O) groups is 2. The first-order valence-electron chi connectivity index (χ1n) is 7.37. The lowest BCUT2D eigenvalue weighted by atomic mass is 10.0. The molecule has 1 saturated carbocycles. The van der Waals surface area contributed by atoms with E-state index in [4.69, 9.17) is 0 Å². The molecule has 1 N–H and O–H groups in total. The SMILES string of the molecule is CN(C)CCNC(=O)C1(C(=O)N2CCN(C)CC2)CC1. The van der Waals surface area contributed by atoms with Gasteiger partial charge in [0.2, 0.25) is 11.8 Å². The number of likely N-dealkylation sites (N-methyl/N-ethyl adjacent to an activating group) is 2. The maximum Gasteiger partial charge on any atom is 0.238 e. The molecule has 0 radical (unpaired) electrons. The minimum Gasteiger partial charge on any atom is -0.354 e. The molecule has 0 atom stereocenters. The number of nitrogens with zero attached hydrogens (tertiary/aromatic N) is 3. The van der Waals surface area contributed by atoms with Crippen LogP contribution in [0.2, 0.25) is 0 Å². The summed E-state index contributed by atoms with van der Waals surface area (Å²) in [6, 6.07) is 0. The van der Waals surface area contributed by atoms with Crippen molar-refractivity contribution in [2.24, 2.45) is 5.41 Å². The van der Waals surface area contributed by atoms with Crippen molar-refractivity contribution in [3.8, 4) is 0 Å². The van der Waals surface area contributed by atoms with Crippen LogP contribution in [-0.2, 0) is 9.59 Å². The molecule has 0 unspecified atom stereocenters. The average molecular weight is 282 g/mol. The van der Waals surface area contributed by atoms with Crippen LogP contribution in [0.15, 0.2) is 0 Å². The Morgan fingerprint density at radius 1 is 1.15 bits per heavy atom. The van der Waals surface area contributed by atoms with Gasteiger partial charge in [-0.05, 0) is 34.0 Å². The lowest BCUT2D eigenvalue weighted by Crippen LogP contribution is -2.52. The fourth-order valence-corrected chi connectivity index (χ4v) is 2.54. The predicted octanol–water partition coefficient (Wildman–Crippen LogP) is -0.782. The quantitative estimate of drug-likeness (QED) is 0.672. The molecule has 0 aromatic carbocycles. The summed E-state index contributed by atoms with van der Waals surface area (Å²) in [4.78, 5) is 30.9. The van der Waals surface area contributed by atoms with Gasteiger partial charge in [0.05, 0.1) is 0 Å². The Morgan fingerprint density at radius 3 is 2.25 bits per heavy atom. The molecular formula is C14H26N4O2. The Hall–Kier alpha value is -1.14. The molecule has 0 aromatic heterocycles. The van der Waals surface area contributed by atoms with Crippen LogP contribution in [0.4, 0.5) is 0 Å². The van der Waals surface area contributed by atoms with Gasteiger partial charge in [0.15, 0.2) is 0 Å². The van der Waals surface area contributed by atoms with Crippen molar-refractivity contribution in [1.82, 2.24) is 20.0 Å². The highest BCUT2D eigenvalue weighted by Crippen LogP contribution is 2.47. The van der Waals surface area contributed by atoms with E-state index < -0.39 is 5.41 Å². The minimum atomic E-state index is -0.748. The molecule has 1 saturated heterocycles. The van der Waals surface area contributed by atoms with Crippen molar-refractivity contribution in [2.45, 2.75) is 12.8 Å². The van der Waals surface area contributed by atoms with E-state index in [2.05, 4.69) is 17.3 Å². The summed E-state index contributed by atoms with van der Waals surface area (Å²) in [5.41, 5.74) is -0.748. The van der Waals surface area contributed by atoms with E-state index in [1.54, 1.807) is 0 Å². The van der Waals surface area contributed by atoms with Gasteiger partial charge >= 0.3 is 0 Å². The van der Waals surface area contributed by atoms with Crippen LogP contribution in [0.25, 0.3) is 0 Å². The van der Waals surface area contributed by atoms with Gasteiger partial charge in [-0.3, -0.25) is 9.59 Å². The third-order valence-corrected chi connectivity index (χ3v) is 4.23. The molecule has 6 heteroatoms. The van der Waals surface area contributed by atoms with Crippen molar-refractivity contribution in [3.05, 3.63) is 0 Å². The largest absolute Gasteiger partial charge is 0.354 e. The second-order valence-electron chi connectivity index (χ2n) is 6.24. The van der Waals surface area contributed by atoms with Crippen molar-refractivity contribution >= 4 is 11.8 Å². The molecule has 2 aliphatic rings. The average Bonchev–Trinajstić information content (AvgIpc) is 3.20. The molecule has 114 valence electrons. The number of hydrogen-bond donors (Lipinski definition) is 1.